The summed E-state index contributed by atoms with van der Waals surface area (Å²) in [7, 11) is 4.57. The first-order valence-corrected chi connectivity index (χ1v) is 21.5. The Labute approximate surface area is 346 Å². The van der Waals surface area contributed by atoms with Gasteiger partial charge in [0.15, 0.2) is 17.7 Å². The summed E-state index contributed by atoms with van der Waals surface area (Å²) in [6.07, 6.45) is 7.48. The second kappa shape index (κ2) is 17.5. The predicted octanol–water partition coefficient (Wildman–Crippen LogP) is 7.78. The molecule has 15 heteroatoms. The molecule has 3 amide bonds. The molecule has 4 aliphatic rings. The van der Waals surface area contributed by atoms with Crippen LogP contribution < -0.4 is 19.1 Å². The van der Waals surface area contributed by atoms with Crippen LogP contribution in [0.1, 0.15) is 73.2 Å². The highest BCUT2D eigenvalue weighted by atomic mass is 33.1. The van der Waals surface area contributed by atoms with Crippen molar-refractivity contribution in [3.63, 3.8) is 0 Å². The molecule has 0 aliphatic carbocycles. The third-order valence-corrected chi connectivity index (χ3v) is 13.4. The van der Waals surface area contributed by atoms with Crippen LogP contribution in [-0.4, -0.2) is 107 Å². The minimum Gasteiger partial charge on any atom is -0.493 e. The number of unbranched alkanes of at least 4 members (excludes halogenated alkanes) is 2. The number of aliphatic imine (C=N–C) groups is 1. The molecule has 3 atom stereocenters. The number of aliphatic hydroxyl groups excluding tert-OH is 1. The Morgan fingerprint density at radius 2 is 1.62 bits per heavy atom. The van der Waals surface area contributed by atoms with Crippen molar-refractivity contribution in [2.45, 2.75) is 82.0 Å². The smallest absolute Gasteiger partial charge is 0.416 e. The molecule has 58 heavy (non-hydrogen) atoms. The van der Waals surface area contributed by atoms with Crippen molar-refractivity contribution in [3.05, 3.63) is 88.7 Å². The van der Waals surface area contributed by atoms with E-state index in [9.17, 15) is 19.5 Å². The Hall–Kier alpha value is -4.99. The molecule has 2 aromatic carbocycles. The number of pyridine rings is 1. The number of ether oxygens (including phenoxy) is 4. The number of benzene rings is 2. The highest BCUT2D eigenvalue weighted by Crippen LogP contribution is 2.42. The zero-order valence-electron chi connectivity index (χ0n) is 33.6. The summed E-state index contributed by atoms with van der Waals surface area (Å²) >= 11 is 0. The van der Waals surface area contributed by atoms with Crippen LogP contribution in [0.3, 0.4) is 0 Å². The van der Waals surface area contributed by atoms with Gasteiger partial charge in [0.1, 0.15) is 17.4 Å². The number of fused-ring (bicyclic) bond motifs is 4. The first kappa shape index (κ1) is 41.2. The standard InChI is InChI=1S/C43H49N5O8S2/c1-26-16-29-22-45-32-20-37(36(53-6)19-30(32)39(49)46(29)23-26)55-15-11-7-10-14-54-35-21-33-31(18-28(35)3)40(50)47-24-27(2)17-34(47)41(51)48(33)42(52)56-25-43(4,5)58-57-38-12-8-9-13-44-38/h8-9,12-13,16-22,29,34,41,51H,7,10-11,14-15,23-25H2,1-6H3/t29-,34-,41?/m0/s1. The molecule has 0 saturated carbocycles. The summed E-state index contributed by atoms with van der Waals surface area (Å²) in [5, 5.41) is 12.6. The molecule has 1 N–H and O–H groups in total. The van der Waals surface area contributed by atoms with Crippen molar-refractivity contribution in [2.24, 2.45) is 4.99 Å². The predicted molar refractivity (Wildman–Crippen MR) is 226 cm³/mol. The van der Waals surface area contributed by atoms with Gasteiger partial charge in [0.05, 0.1) is 59.7 Å². The van der Waals surface area contributed by atoms with Gasteiger partial charge in [-0.1, -0.05) is 40.2 Å². The van der Waals surface area contributed by atoms with E-state index in [4.69, 9.17) is 18.9 Å². The van der Waals surface area contributed by atoms with Crippen LogP contribution in [0.5, 0.6) is 17.2 Å². The summed E-state index contributed by atoms with van der Waals surface area (Å²) in [5.41, 5.74) is 4.35. The van der Waals surface area contributed by atoms with Crippen molar-refractivity contribution in [1.29, 1.82) is 0 Å². The number of aryl methyl sites for hydroxylation is 1. The fourth-order valence-electron chi connectivity index (χ4n) is 7.30. The molecule has 1 aromatic heterocycles. The van der Waals surface area contributed by atoms with Gasteiger partial charge < -0.3 is 33.9 Å². The molecule has 0 bridgehead atoms. The highest BCUT2D eigenvalue weighted by Gasteiger charge is 2.45. The van der Waals surface area contributed by atoms with Gasteiger partial charge in [-0.05, 0) is 94.5 Å². The van der Waals surface area contributed by atoms with E-state index < -0.39 is 23.1 Å². The maximum absolute atomic E-state index is 14.0. The molecule has 0 fully saturated rings. The van der Waals surface area contributed by atoms with Crippen LogP contribution in [0.4, 0.5) is 16.2 Å². The fourth-order valence-corrected chi connectivity index (χ4v) is 9.33. The second-order valence-electron chi connectivity index (χ2n) is 15.5. The van der Waals surface area contributed by atoms with Crippen LogP contribution in [0.2, 0.25) is 0 Å². The third kappa shape index (κ3) is 8.86. The van der Waals surface area contributed by atoms with E-state index in [1.807, 2.05) is 65.0 Å². The number of anilines is 1. The lowest BCUT2D eigenvalue weighted by molar-refractivity contribution is 0.0544. The van der Waals surface area contributed by atoms with Crippen LogP contribution in [-0.2, 0) is 4.74 Å². The van der Waals surface area contributed by atoms with Gasteiger partial charge in [0, 0.05) is 37.6 Å². The molecule has 0 radical (unpaired) electrons. The van der Waals surface area contributed by atoms with E-state index >= 15 is 0 Å². The Morgan fingerprint density at radius 1 is 0.897 bits per heavy atom. The normalized spacial score (nSPS) is 19.7. The fraction of sp³-hybridized carbons (Fsp3) is 0.419. The minimum atomic E-state index is -1.38. The maximum atomic E-state index is 14.0. The summed E-state index contributed by atoms with van der Waals surface area (Å²) in [5.74, 6) is 1.13. The van der Waals surface area contributed by atoms with Gasteiger partial charge in [-0.15, -0.1) is 0 Å². The number of carbonyl (C=O) groups is 3. The summed E-state index contributed by atoms with van der Waals surface area (Å²) in [6.45, 7) is 11.5. The minimum absolute atomic E-state index is 0.0502. The maximum Gasteiger partial charge on any atom is 0.416 e. The largest absolute Gasteiger partial charge is 0.493 e. The monoisotopic (exact) mass is 827 g/mol. The number of nitrogens with zero attached hydrogens (tertiary/aromatic N) is 5. The third-order valence-electron chi connectivity index (χ3n) is 10.3. The molecular weight excluding hydrogens is 779 g/mol. The Balaban J connectivity index is 0.978. The van der Waals surface area contributed by atoms with Gasteiger partial charge >= 0.3 is 6.09 Å². The zero-order chi connectivity index (χ0) is 41.1. The molecule has 4 aliphatic heterocycles. The Morgan fingerprint density at radius 3 is 2.36 bits per heavy atom. The van der Waals surface area contributed by atoms with Crippen LogP contribution in [0.25, 0.3) is 0 Å². The van der Waals surface area contributed by atoms with Crippen LogP contribution >= 0.6 is 21.6 Å². The molecule has 3 aromatic rings. The number of hydrogen-bond acceptors (Lipinski definition) is 12. The van der Waals surface area contributed by atoms with E-state index in [1.165, 1.54) is 26.5 Å². The quantitative estimate of drug-likeness (QED) is 0.0967. The lowest BCUT2D eigenvalue weighted by atomic mass is 10.1. The van der Waals surface area contributed by atoms with E-state index in [0.717, 1.165) is 34.6 Å². The van der Waals surface area contributed by atoms with E-state index in [1.54, 1.807) is 53.6 Å². The molecule has 7 rings (SSSR count). The molecule has 0 spiro atoms. The molecule has 0 saturated heterocycles. The Kier molecular flexibility index (Phi) is 12.4. The molecule has 306 valence electrons. The number of rotatable bonds is 14. The van der Waals surface area contributed by atoms with E-state index in [-0.39, 0.29) is 30.2 Å². The molecule has 1 unspecified atom stereocenters. The van der Waals surface area contributed by atoms with Gasteiger partial charge in [0.2, 0.25) is 0 Å². The van der Waals surface area contributed by atoms with Crippen molar-refractivity contribution in [1.82, 2.24) is 14.8 Å². The van der Waals surface area contributed by atoms with Gasteiger partial charge in [-0.3, -0.25) is 14.6 Å². The number of aliphatic hydroxyl groups is 1. The SMILES string of the molecule is COc1cc2c(cc1OCCCCCOc1cc3c(cc1C)C(=O)N1CC(C)=C[C@H]1C(O)N3C(=O)OCC(C)(C)SSc1ccccn1)N=C[C@@H]1C=C(C)CN1C2=O. The van der Waals surface area contributed by atoms with Gasteiger partial charge in [-0.2, -0.15) is 0 Å². The Bertz CT molecular complexity index is 2160. The van der Waals surface area contributed by atoms with Crippen LogP contribution in [0, 0.1) is 6.92 Å². The summed E-state index contributed by atoms with van der Waals surface area (Å²) in [6, 6.07) is 11.6. The van der Waals surface area contributed by atoms with Gasteiger partial charge in [0.25, 0.3) is 11.8 Å². The molecular formula is C43H49N5O8S2. The van der Waals surface area contributed by atoms with Crippen molar-refractivity contribution in [3.8, 4) is 17.2 Å². The number of carbonyl (C=O) groups excluding carboxylic acids is 3. The first-order chi connectivity index (χ1) is 27.8. The van der Waals surface area contributed by atoms with Crippen LogP contribution in [0.15, 0.2) is 82.0 Å². The average molecular weight is 828 g/mol. The molecule has 13 nitrogen and oxygen atoms in total. The lowest BCUT2D eigenvalue weighted by Gasteiger charge is -2.32. The van der Waals surface area contributed by atoms with E-state index in [0.29, 0.717) is 66.8 Å². The second-order valence-corrected chi connectivity index (χ2v) is 18.4. The highest BCUT2D eigenvalue weighted by molar-refractivity contribution is 8.77. The number of methoxy groups -OCH3 is 1. The summed E-state index contributed by atoms with van der Waals surface area (Å²) in [4.78, 5) is 54.7. The molecule has 5 heterocycles. The van der Waals surface area contributed by atoms with E-state index in [2.05, 4.69) is 9.98 Å². The summed E-state index contributed by atoms with van der Waals surface area (Å²) < 4.78 is 23.3. The number of hydrogen-bond donors (Lipinski definition) is 1. The number of aromatic nitrogens is 1. The zero-order valence-corrected chi connectivity index (χ0v) is 35.2. The van der Waals surface area contributed by atoms with Crippen molar-refractivity contribution in [2.75, 3.05) is 44.9 Å². The average Bonchev–Trinajstić information content (AvgIpc) is 3.75. The number of amides is 3. The topological polar surface area (TPSA) is 143 Å². The lowest BCUT2D eigenvalue weighted by Crippen LogP contribution is -2.51. The first-order valence-electron chi connectivity index (χ1n) is 19.4. The van der Waals surface area contributed by atoms with Crippen molar-refractivity contribution >= 4 is 57.1 Å². The van der Waals surface area contributed by atoms with Gasteiger partial charge in [-0.25, -0.2) is 14.7 Å². The van der Waals surface area contributed by atoms with Crippen molar-refractivity contribution < 1.29 is 38.4 Å².